The van der Waals surface area contributed by atoms with Gasteiger partial charge in [0.2, 0.25) is 0 Å². The summed E-state index contributed by atoms with van der Waals surface area (Å²) < 4.78 is 0. The van der Waals surface area contributed by atoms with Crippen LogP contribution in [0.5, 0.6) is 0 Å². The minimum atomic E-state index is 0.171. The number of rotatable bonds is 5. The van der Waals surface area contributed by atoms with Crippen molar-refractivity contribution in [2.24, 2.45) is 17.6 Å². The minimum absolute atomic E-state index is 0.171. The van der Waals surface area contributed by atoms with E-state index in [4.69, 9.17) is 5.73 Å². The maximum Gasteiger partial charge on any atom is 0.0159 e. The third kappa shape index (κ3) is 4.55. The Labute approximate surface area is 95.8 Å². The van der Waals surface area contributed by atoms with Crippen LogP contribution < -0.4 is 5.73 Å². The van der Waals surface area contributed by atoms with Gasteiger partial charge in [-0.2, -0.15) is 0 Å². The normalized spacial score (nSPS) is 36.8. The first-order valence-electron chi connectivity index (χ1n) is 6.84. The smallest absolute Gasteiger partial charge is 0.0159 e. The summed E-state index contributed by atoms with van der Waals surface area (Å²) in [5, 5.41) is 0. The number of nitrogens with two attached hydrogens (primary N) is 1. The highest BCUT2D eigenvalue weighted by molar-refractivity contribution is 4.91. The average molecular weight is 211 g/mol. The van der Waals surface area contributed by atoms with Gasteiger partial charge in [0.05, 0.1) is 0 Å². The third-order valence-corrected chi connectivity index (χ3v) is 3.84. The van der Waals surface area contributed by atoms with Gasteiger partial charge in [0.1, 0.15) is 0 Å². The largest absolute Gasteiger partial charge is 0.325 e. The number of hydrogen-bond acceptors (Lipinski definition) is 1. The fraction of sp³-hybridized carbons (Fsp3) is 1.00. The predicted molar refractivity (Wildman–Crippen MR) is 67.9 cm³/mol. The average Bonchev–Trinajstić information content (AvgIpc) is 2.10. The zero-order chi connectivity index (χ0) is 11.3. The molecular formula is C14H29N. The lowest BCUT2D eigenvalue weighted by Gasteiger charge is -2.40. The Hall–Kier alpha value is -0.0400. The molecule has 90 valence electrons. The molecule has 15 heavy (non-hydrogen) atoms. The summed E-state index contributed by atoms with van der Waals surface area (Å²) in [7, 11) is 0. The topological polar surface area (TPSA) is 26.0 Å². The summed E-state index contributed by atoms with van der Waals surface area (Å²) in [6, 6.07) is 0. The van der Waals surface area contributed by atoms with E-state index in [-0.39, 0.29) is 5.54 Å². The molecule has 1 rings (SSSR count). The second kappa shape index (κ2) is 5.89. The van der Waals surface area contributed by atoms with Crippen LogP contribution in [0.2, 0.25) is 0 Å². The van der Waals surface area contributed by atoms with Crippen LogP contribution in [0.4, 0.5) is 0 Å². The van der Waals surface area contributed by atoms with E-state index in [2.05, 4.69) is 20.8 Å². The highest BCUT2D eigenvalue weighted by atomic mass is 14.7. The maximum absolute atomic E-state index is 6.52. The fourth-order valence-electron chi connectivity index (χ4n) is 3.43. The number of hydrogen-bond donors (Lipinski definition) is 1. The van der Waals surface area contributed by atoms with E-state index >= 15 is 0 Å². The van der Waals surface area contributed by atoms with Crippen LogP contribution >= 0.6 is 0 Å². The Kier molecular flexibility index (Phi) is 5.11. The Morgan fingerprint density at radius 2 is 1.67 bits per heavy atom. The maximum atomic E-state index is 6.52. The van der Waals surface area contributed by atoms with Crippen LogP contribution in [-0.2, 0) is 0 Å². The van der Waals surface area contributed by atoms with Gasteiger partial charge in [-0.3, -0.25) is 0 Å². The van der Waals surface area contributed by atoms with Crippen molar-refractivity contribution in [1.29, 1.82) is 0 Å². The van der Waals surface area contributed by atoms with Crippen molar-refractivity contribution >= 4 is 0 Å². The first-order valence-corrected chi connectivity index (χ1v) is 6.84. The standard InChI is InChI=1S/C14H29N/c1-4-5-6-7-8-14(15)10-12(2)9-13(3)11-14/h12-13H,4-11,15H2,1-3H3. The molecule has 1 saturated carbocycles. The molecule has 0 radical (unpaired) electrons. The molecule has 1 nitrogen and oxygen atoms in total. The van der Waals surface area contributed by atoms with Gasteiger partial charge in [-0.1, -0.05) is 46.5 Å². The quantitative estimate of drug-likeness (QED) is 0.680. The highest BCUT2D eigenvalue weighted by Crippen LogP contribution is 2.37. The van der Waals surface area contributed by atoms with Gasteiger partial charge < -0.3 is 5.73 Å². The molecule has 1 aliphatic carbocycles. The second-order valence-corrected chi connectivity index (χ2v) is 6.03. The van der Waals surface area contributed by atoms with Crippen molar-refractivity contribution in [2.45, 2.75) is 77.7 Å². The van der Waals surface area contributed by atoms with Crippen molar-refractivity contribution in [1.82, 2.24) is 0 Å². The Morgan fingerprint density at radius 1 is 1.07 bits per heavy atom. The van der Waals surface area contributed by atoms with Crippen LogP contribution in [0.1, 0.15) is 72.1 Å². The molecule has 0 aromatic heterocycles. The van der Waals surface area contributed by atoms with Crippen LogP contribution in [0.25, 0.3) is 0 Å². The molecule has 1 aliphatic rings. The zero-order valence-electron chi connectivity index (χ0n) is 10.9. The monoisotopic (exact) mass is 211 g/mol. The van der Waals surface area contributed by atoms with E-state index in [0.29, 0.717) is 0 Å². The SMILES string of the molecule is CCCCCCC1(N)CC(C)CC(C)C1. The molecular weight excluding hydrogens is 182 g/mol. The van der Waals surface area contributed by atoms with Crippen LogP contribution in [0.15, 0.2) is 0 Å². The second-order valence-electron chi connectivity index (χ2n) is 6.03. The van der Waals surface area contributed by atoms with E-state index in [0.717, 1.165) is 11.8 Å². The summed E-state index contributed by atoms with van der Waals surface area (Å²) in [5.74, 6) is 1.68. The van der Waals surface area contributed by atoms with Gasteiger partial charge in [0.25, 0.3) is 0 Å². The Morgan fingerprint density at radius 3 is 2.20 bits per heavy atom. The van der Waals surface area contributed by atoms with E-state index in [1.807, 2.05) is 0 Å². The first-order chi connectivity index (χ1) is 7.06. The molecule has 0 aromatic rings. The van der Waals surface area contributed by atoms with Crippen molar-refractivity contribution in [3.63, 3.8) is 0 Å². The summed E-state index contributed by atoms with van der Waals surface area (Å²) in [6.07, 6.45) is 10.6. The molecule has 0 bridgehead atoms. The third-order valence-electron chi connectivity index (χ3n) is 3.84. The van der Waals surface area contributed by atoms with E-state index < -0.39 is 0 Å². The van der Waals surface area contributed by atoms with Gasteiger partial charge in [0, 0.05) is 5.54 Å². The van der Waals surface area contributed by atoms with Crippen molar-refractivity contribution in [3.05, 3.63) is 0 Å². The van der Waals surface area contributed by atoms with Crippen molar-refractivity contribution in [2.75, 3.05) is 0 Å². The lowest BCUT2D eigenvalue weighted by Crippen LogP contribution is -2.46. The summed E-state index contributed by atoms with van der Waals surface area (Å²) in [6.45, 7) is 7.00. The molecule has 0 amide bonds. The van der Waals surface area contributed by atoms with Gasteiger partial charge in [-0.05, 0) is 37.5 Å². The fourth-order valence-corrected chi connectivity index (χ4v) is 3.43. The molecule has 2 N–H and O–H groups in total. The molecule has 2 unspecified atom stereocenters. The highest BCUT2D eigenvalue weighted by Gasteiger charge is 2.33. The van der Waals surface area contributed by atoms with Crippen molar-refractivity contribution < 1.29 is 0 Å². The summed E-state index contributed by atoms with van der Waals surface area (Å²) in [4.78, 5) is 0. The lowest BCUT2D eigenvalue weighted by molar-refractivity contribution is 0.170. The summed E-state index contributed by atoms with van der Waals surface area (Å²) >= 11 is 0. The van der Waals surface area contributed by atoms with E-state index in [9.17, 15) is 0 Å². The summed E-state index contributed by atoms with van der Waals surface area (Å²) in [5.41, 5.74) is 6.69. The first kappa shape index (κ1) is 13.0. The predicted octanol–water partition coefficient (Wildman–Crippen LogP) is 4.11. The molecule has 1 heteroatoms. The molecule has 1 fully saturated rings. The lowest BCUT2D eigenvalue weighted by atomic mass is 9.70. The van der Waals surface area contributed by atoms with Gasteiger partial charge in [0.15, 0.2) is 0 Å². The molecule has 0 aromatic carbocycles. The minimum Gasteiger partial charge on any atom is -0.325 e. The van der Waals surface area contributed by atoms with E-state index in [1.54, 1.807) is 0 Å². The molecule has 0 saturated heterocycles. The van der Waals surface area contributed by atoms with Gasteiger partial charge >= 0.3 is 0 Å². The molecule has 0 spiro atoms. The molecule has 2 atom stereocenters. The number of unbranched alkanes of at least 4 members (excludes halogenated alkanes) is 3. The Bertz CT molecular complexity index is 166. The van der Waals surface area contributed by atoms with Crippen molar-refractivity contribution in [3.8, 4) is 0 Å². The molecule has 0 heterocycles. The van der Waals surface area contributed by atoms with Crippen LogP contribution in [-0.4, -0.2) is 5.54 Å². The zero-order valence-corrected chi connectivity index (χ0v) is 10.9. The van der Waals surface area contributed by atoms with Crippen LogP contribution in [0.3, 0.4) is 0 Å². The molecule has 0 aliphatic heterocycles. The van der Waals surface area contributed by atoms with E-state index in [1.165, 1.54) is 51.4 Å². The Balaban J connectivity index is 2.30. The van der Waals surface area contributed by atoms with Gasteiger partial charge in [-0.25, -0.2) is 0 Å². The van der Waals surface area contributed by atoms with Gasteiger partial charge in [-0.15, -0.1) is 0 Å². The van der Waals surface area contributed by atoms with Crippen LogP contribution in [0, 0.1) is 11.8 Å².